The SMILES string of the molecule is Cn1cc(CCCC(Cl)c2ccccc2)nn1. The third kappa shape index (κ3) is 3.56. The summed E-state index contributed by atoms with van der Waals surface area (Å²) in [5.74, 6) is 0. The molecule has 1 heterocycles. The summed E-state index contributed by atoms with van der Waals surface area (Å²) in [5, 5.41) is 8.05. The van der Waals surface area contributed by atoms with Crippen molar-refractivity contribution in [2.75, 3.05) is 0 Å². The van der Waals surface area contributed by atoms with Crippen molar-refractivity contribution in [1.82, 2.24) is 15.0 Å². The number of halogens is 1. The molecule has 0 spiro atoms. The Bertz CT molecular complexity index is 453. The molecule has 0 saturated heterocycles. The van der Waals surface area contributed by atoms with Crippen LogP contribution in [0.15, 0.2) is 36.5 Å². The van der Waals surface area contributed by atoms with Gasteiger partial charge < -0.3 is 0 Å². The van der Waals surface area contributed by atoms with Gasteiger partial charge in [0.2, 0.25) is 0 Å². The standard InChI is InChI=1S/C13H16ClN3/c1-17-10-12(15-16-17)8-5-9-13(14)11-6-3-2-4-7-11/h2-4,6-7,10,13H,5,8-9H2,1H3. The van der Waals surface area contributed by atoms with Gasteiger partial charge in [0.1, 0.15) is 0 Å². The van der Waals surface area contributed by atoms with E-state index in [1.807, 2.05) is 31.4 Å². The van der Waals surface area contributed by atoms with Crippen LogP contribution in [0.25, 0.3) is 0 Å². The van der Waals surface area contributed by atoms with Gasteiger partial charge in [0.05, 0.1) is 11.1 Å². The molecule has 17 heavy (non-hydrogen) atoms. The van der Waals surface area contributed by atoms with Gasteiger partial charge in [-0.15, -0.1) is 16.7 Å². The normalized spacial score (nSPS) is 12.6. The molecule has 0 saturated carbocycles. The molecule has 0 aliphatic carbocycles. The number of benzene rings is 1. The second kappa shape index (κ2) is 5.82. The Balaban J connectivity index is 1.79. The van der Waals surface area contributed by atoms with E-state index in [4.69, 9.17) is 11.6 Å². The van der Waals surface area contributed by atoms with E-state index in [-0.39, 0.29) is 5.38 Å². The van der Waals surface area contributed by atoms with Crippen LogP contribution in [0.4, 0.5) is 0 Å². The monoisotopic (exact) mass is 249 g/mol. The zero-order chi connectivity index (χ0) is 12.1. The van der Waals surface area contributed by atoms with Gasteiger partial charge in [0.15, 0.2) is 0 Å². The van der Waals surface area contributed by atoms with E-state index in [0.717, 1.165) is 25.0 Å². The fourth-order valence-corrected chi connectivity index (χ4v) is 2.10. The van der Waals surface area contributed by atoms with Gasteiger partial charge >= 0.3 is 0 Å². The van der Waals surface area contributed by atoms with Gasteiger partial charge in [0, 0.05) is 13.2 Å². The first-order valence-electron chi connectivity index (χ1n) is 5.80. The van der Waals surface area contributed by atoms with Gasteiger partial charge in [-0.2, -0.15) is 0 Å². The maximum atomic E-state index is 6.34. The molecule has 1 atom stereocenters. The van der Waals surface area contributed by atoms with Crippen LogP contribution in [0.3, 0.4) is 0 Å². The molecule has 1 aromatic heterocycles. The summed E-state index contributed by atoms with van der Waals surface area (Å²) >= 11 is 6.34. The van der Waals surface area contributed by atoms with E-state index in [2.05, 4.69) is 22.4 Å². The largest absolute Gasteiger partial charge is 0.255 e. The van der Waals surface area contributed by atoms with Crippen molar-refractivity contribution in [1.29, 1.82) is 0 Å². The van der Waals surface area contributed by atoms with Crippen LogP contribution < -0.4 is 0 Å². The molecule has 0 aliphatic rings. The number of hydrogen-bond acceptors (Lipinski definition) is 2. The fraction of sp³-hybridized carbons (Fsp3) is 0.385. The summed E-state index contributed by atoms with van der Waals surface area (Å²) in [6.45, 7) is 0. The van der Waals surface area contributed by atoms with Gasteiger partial charge in [-0.1, -0.05) is 35.5 Å². The maximum Gasteiger partial charge on any atom is 0.0827 e. The average molecular weight is 250 g/mol. The predicted octanol–water partition coefficient (Wildman–Crippen LogP) is 3.12. The molecule has 90 valence electrons. The van der Waals surface area contributed by atoms with Gasteiger partial charge in [0.25, 0.3) is 0 Å². The first kappa shape index (κ1) is 12.1. The molecule has 1 unspecified atom stereocenters. The summed E-state index contributed by atoms with van der Waals surface area (Å²) in [7, 11) is 1.88. The molecule has 2 rings (SSSR count). The van der Waals surface area contributed by atoms with Crippen molar-refractivity contribution < 1.29 is 0 Å². The minimum Gasteiger partial charge on any atom is -0.255 e. The Hall–Kier alpha value is -1.35. The quantitative estimate of drug-likeness (QED) is 0.763. The zero-order valence-electron chi connectivity index (χ0n) is 9.88. The van der Waals surface area contributed by atoms with Crippen molar-refractivity contribution in [2.45, 2.75) is 24.6 Å². The lowest BCUT2D eigenvalue weighted by molar-refractivity contribution is 0.696. The van der Waals surface area contributed by atoms with E-state index in [0.29, 0.717) is 0 Å². The van der Waals surface area contributed by atoms with Crippen LogP contribution in [0, 0.1) is 0 Å². The number of aromatic nitrogens is 3. The molecule has 0 fully saturated rings. The highest BCUT2D eigenvalue weighted by molar-refractivity contribution is 6.20. The third-order valence-corrected chi connectivity index (χ3v) is 3.17. The Morgan fingerprint density at radius 1 is 1.29 bits per heavy atom. The highest BCUT2D eigenvalue weighted by Crippen LogP contribution is 2.25. The van der Waals surface area contributed by atoms with Crippen molar-refractivity contribution in [3.8, 4) is 0 Å². The predicted molar refractivity (Wildman–Crippen MR) is 69.0 cm³/mol. The average Bonchev–Trinajstić information content (AvgIpc) is 2.76. The van der Waals surface area contributed by atoms with Crippen molar-refractivity contribution in [3.05, 3.63) is 47.8 Å². The highest BCUT2D eigenvalue weighted by atomic mass is 35.5. The van der Waals surface area contributed by atoms with Gasteiger partial charge in [-0.25, -0.2) is 0 Å². The Morgan fingerprint density at radius 3 is 2.71 bits per heavy atom. The Kier molecular flexibility index (Phi) is 4.15. The lowest BCUT2D eigenvalue weighted by Crippen LogP contribution is -1.93. The van der Waals surface area contributed by atoms with E-state index >= 15 is 0 Å². The third-order valence-electron chi connectivity index (χ3n) is 2.70. The molecular formula is C13H16ClN3. The van der Waals surface area contributed by atoms with Crippen molar-refractivity contribution in [3.63, 3.8) is 0 Å². The molecule has 0 N–H and O–H groups in total. The van der Waals surface area contributed by atoms with Crippen LogP contribution in [0.5, 0.6) is 0 Å². The van der Waals surface area contributed by atoms with E-state index in [1.54, 1.807) is 4.68 Å². The molecule has 4 heteroatoms. The summed E-state index contributed by atoms with van der Waals surface area (Å²) in [6, 6.07) is 10.2. The minimum atomic E-state index is 0.0906. The topological polar surface area (TPSA) is 30.7 Å². The molecule has 0 amide bonds. The maximum absolute atomic E-state index is 6.34. The Morgan fingerprint density at radius 2 is 2.06 bits per heavy atom. The van der Waals surface area contributed by atoms with Gasteiger partial charge in [-0.05, 0) is 24.8 Å². The molecule has 1 aromatic carbocycles. The molecule has 0 aliphatic heterocycles. The summed E-state index contributed by atoms with van der Waals surface area (Å²) in [5.41, 5.74) is 2.22. The summed E-state index contributed by atoms with van der Waals surface area (Å²) < 4.78 is 1.73. The van der Waals surface area contributed by atoms with E-state index < -0.39 is 0 Å². The van der Waals surface area contributed by atoms with E-state index in [1.165, 1.54) is 5.56 Å². The number of nitrogens with zero attached hydrogens (tertiary/aromatic N) is 3. The minimum absolute atomic E-state index is 0.0906. The lowest BCUT2D eigenvalue weighted by Gasteiger charge is -2.08. The van der Waals surface area contributed by atoms with Crippen molar-refractivity contribution in [2.24, 2.45) is 7.05 Å². The smallest absolute Gasteiger partial charge is 0.0827 e. The first-order chi connectivity index (χ1) is 8.25. The molecule has 0 radical (unpaired) electrons. The second-order valence-electron chi connectivity index (χ2n) is 4.15. The van der Waals surface area contributed by atoms with Crippen LogP contribution in [0.2, 0.25) is 0 Å². The zero-order valence-corrected chi connectivity index (χ0v) is 10.6. The van der Waals surface area contributed by atoms with Crippen LogP contribution in [-0.2, 0) is 13.5 Å². The van der Waals surface area contributed by atoms with Gasteiger partial charge in [-0.3, -0.25) is 4.68 Å². The number of hydrogen-bond donors (Lipinski definition) is 0. The molecule has 3 nitrogen and oxygen atoms in total. The highest BCUT2D eigenvalue weighted by Gasteiger charge is 2.07. The number of aryl methyl sites for hydroxylation is 2. The molecule has 2 aromatic rings. The van der Waals surface area contributed by atoms with E-state index in [9.17, 15) is 0 Å². The number of alkyl halides is 1. The fourth-order valence-electron chi connectivity index (χ4n) is 1.80. The lowest BCUT2D eigenvalue weighted by atomic mass is 10.1. The van der Waals surface area contributed by atoms with Crippen LogP contribution in [0.1, 0.15) is 29.5 Å². The summed E-state index contributed by atoms with van der Waals surface area (Å²) in [4.78, 5) is 0. The number of rotatable bonds is 5. The first-order valence-corrected chi connectivity index (χ1v) is 6.23. The van der Waals surface area contributed by atoms with Crippen LogP contribution in [-0.4, -0.2) is 15.0 Å². The summed E-state index contributed by atoms with van der Waals surface area (Å²) in [6.07, 6.45) is 4.87. The second-order valence-corrected chi connectivity index (χ2v) is 4.68. The van der Waals surface area contributed by atoms with Crippen LogP contribution >= 0.6 is 11.6 Å². The molecular weight excluding hydrogens is 234 g/mol. The van der Waals surface area contributed by atoms with Crippen molar-refractivity contribution >= 4 is 11.6 Å². The molecule has 0 bridgehead atoms. The Labute approximate surface area is 106 Å².